The van der Waals surface area contributed by atoms with Crippen molar-refractivity contribution in [2.24, 2.45) is 0 Å². The Kier molecular flexibility index (Phi) is 3.55. The molecule has 0 aliphatic rings. The molecule has 16 heavy (non-hydrogen) atoms. The molecule has 0 saturated carbocycles. The van der Waals surface area contributed by atoms with Gasteiger partial charge in [0.25, 0.3) is 0 Å². The Morgan fingerprint density at radius 1 is 1.38 bits per heavy atom. The van der Waals surface area contributed by atoms with Gasteiger partial charge in [-0.15, -0.1) is 5.10 Å². The van der Waals surface area contributed by atoms with Crippen LogP contribution in [-0.4, -0.2) is 25.1 Å². The molecule has 0 aliphatic heterocycles. The van der Waals surface area contributed by atoms with Gasteiger partial charge in [0.1, 0.15) is 21.3 Å². The minimum atomic E-state index is 0.671. The van der Waals surface area contributed by atoms with E-state index in [9.17, 15) is 0 Å². The van der Waals surface area contributed by atoms with Crippen molar-refractivity contribution in [2.75, 3.05) is 0 Å². The first-order chi connectivity index (χ1) is 7.67. The molecule has 0 aromatic carbocycles. The Balaban J connectivity index is 2.24. The van der Waals surface area contributed by atoms with E-state index in [1.165, 1.54) is 11.8 Å². The molecule has 0 amide bonds. The number of nitrogens with one attached hydrogen (secondary N) is 1. The Morgan fingerprint density at radius 3 is 2.81 bits per heavy atom. The van der Waals surface area contributed by atoms with E-state index in [4.69, 9.17) is 0 Å². The SMILES string of the molecule is CCc1nc(Br)cc(Sc2n[nH]c(C)n2)n1. The van der Waals surface area contributed by atoms with Crippen LogP contribution in [0.15, 0.2) is 20.9 Å². The van der Waals surface area contributed by atoms with E-state index in [0.717, 1.165) is 27.7 Å². The van der Waals surface area contributed by atoms with Crippen molar-refractivity contribution in [3.8, 4) is 0 Å². The third-order valence-electron chi connectivity index (χ3n) is 1.81. The molecule has 0 bridgehead atoms. The van der Waals surface area contributed by atoms with Gasteiger partial charge in [-0.25, -0.2) is 15.0 Å². The van der Waals surface area contributed by atoms with Crippen LogP contribution in [0.4, 0.5) is 0 Å². The molecule has 2 aromatic heterocycles. The van der Waals surface area contributed by atoms with Gasteiger partial charge in [0, 0.05) is 12.5 Å². The zero-order chi connectivity index (χ0) is 11.5. The van der Waals surface area contributed by atoms with E-state index in [0.29, 0.717) is 5.16 Å². The van der Waals surface area contributed by atoms with Crippen molar-refractivity contribution in [2.45, 2.75) is 30.5 Å². The van der Waals surface area contributed by atoms with Gasteiger partial charge >= 0.3 is 0 Å². The van der Waals surface area contributed by atoms with Crippen molar-refractivity contribution in [1.29, 1.82) is 0 Å². The van der Waals surface area contributed by atoms with Gasteiger partial charge in [0.05, 0.1) is 0 Å². The molecule has 0 unspecified atom stereocenters. The average Bonchev–Trinajstić information content (AvgIpc) is 2.63. The van der Waals surface area contributed by atoms with Crippen LogP contribution in [0.2, 0.25) is 0 Å². The van der Waals surface area contributed by atoms with Gasteiger partial charge in [0.2, 0.25) is 5.16 Å². The van der Waals surface area contributed by atoms with Gasteiger partial charge in [-0.1, -0.05) is 6.92 Å². The fourth-order valence-electron chi connectivity index (χ4n) is 1.11. The van der Waals surface area contributed by atoms with Crippen molar-refractivity contribution in [3.63, 3.8) is 0 Å². The first-order valence-electron chi connectivity index (χ1n) is 4.77. The third kappa shape index (κ3) is 2.79. The second kappa shape index (κ2) is 4.92. The minimum absolute atomic E-state index is 0.671. The Hall–Kier alpha value is -0.950. The van der Waals surface area contributed by atoms with E-state index in [1.54, 1.807) is 0 Å². The number of rotatable bonds is 3. The van der Waals surface area contributed by atoms with Gasteiger partial charge in [-0.2, -0.15) is 0 Å². The Morgan fingerprint density at radius 2 is 2.19 bits per heavy atom. The fraction of sp³-hybridized carbons (Fsp3) is 0.333. The molecule has 0 spiro atoms. The van der Waals surface area contributed by atoms with E-state index >= 15 is 0 Å². The second-order valence-corrected chi connectivity index (χ2v) is 4.90. The summed E-state index contributed by atoms with van der Waals surface area (Å²) in [5.74, 6) is 1.61. The average molecular weight is 300 g/mol. The van der Waals surface area contributed by atoms with E-state index in [2.05, 4.69) is 41.1 Å². The summed E-state index contributed by atoms with van der Waals surface area (Å²) in [6.07, 6.45) is 0.806. The third-order valence-corrected chi connectivity index (χ3v) is 3.00. The highest BCUT2D eigenvalue weighted by Crippen LogP contribution is 2.24. The van der Waals surface area contributed by atoms with Crippen LogP contribution in [-0.2, 0) is 6.42 Å². The summed E-state index contributed by atoms with van der Waals surface area (Å²) >= 11 is 4.78. The highest BCUT2D eigenvalue weighted by atomic mass is 79.9. The molecular weight excluding hydrogens is 290 g/mol. The highest BCUT2D eigenvalue weighted by Gasteiger charge is 2.07. The molecule has 7 heteroatoms. The maximum Gasteiger partial charge on any atom is 0.214 e. The lowest BCUT2D eigenvalue weighted by Crippen LogP contribution is -1.94. The van der Waals surface area contributed by atoms with Crippen molar-refractivity contribution < 1.29 is 0 Å². The normalized spacial score (nSPS) is 10.7. The van der Waals surface area contributed by atoms with Crippen LogP contribution < -0.4 is 0 Å². The summed E-state index contributed by atoms with van der Waals surface area (Å²) in [5.41, 5.74) is 0. The number of aromatic amines is 1. The topological polar surface area (TPSA) is 67.3 Å². The molecule has 2 heterocycles. The number of aryl methyl sites for hydroxylation is 2. The molecular formula is C9H10BrN5S. The Bertz CT molecular complexity index is 498. The number of hydrogen-bond donors (Lipinski definition) is 1. The van der Waals surface area contributed by atoms with Crippen LogP contribution in [0.1, 0.15) is 18.6 Å². The first kappa shape index (κ1) is 11.5. The van der Waals surface area contributed by atoms with E-state index < -0.39 is 0 Å². The Labute approximate surface area is 106 Å². The molecule has 0 fully saturated rings. The number of nitrogens with zero attached hydrogens (tertiary/aromatic N) is 4. The maximum atomic E-state index is 4.38. The first-order valence-corrected chi connectivity index (χ1v) is 6.38. The quantitative estimate of drug-likeness (QED) is 0.882. The summed E-state index contributed by atoms with van der Waals surface area (Å²) in [6.45, 7) is 3.89. The van der Waals surface area contributed by atoms with Gasteiger partial charge in [-0.3, -0.25) is 5.10 Å². The lowest BCUT2D eigenvalue weighted by atomic mass is 10.4. The lowest BCUT2D eigenvalue weighted by Gasteiger charge is -2.00. The van der Waals surface area contributed by atoms with Crippen LogP contribution in [0, 0.1) is 6.92 Å². The maximum absolute atomic E-state index is 4.38. The van der Waals surface area contributed by atoms with Crippen LogP contribution >= 0.6 is 27.7 Å². The molecule has 1 N–H and O–H groups in total. The van der Waals surface area contributed by atoms with Crippen LogP contribution in [0.5, 0.6) is 0 Å². The molecule has 2 rings (SSSR count). The van der Waals surface area contributed by atoms with Crippen molar-refractivity contribution in [1.82, 2.24) is 25.1 Å². The van der Waals surface area contributed by atoms with Gasteiger partial charge in [0.15, 0.2) is 0 Å². The summed E-state index contributed by atoms with van der Waals surface area (Å²) in [7, 11) is 0. The van der Waals surface area contributed by atoms with Gasteiger partial charge in [-0.05, 0) is 34.6 Å². The monoisotopic (exact) mass is 299 g/mol. The molecule has 0 radical (unpaired) electrons. The van der Waals surface area contributed by atoms with Gasteiger partial charge < -0.3 is 0 Å². The number of halogens is 1. The zero-order valence-electron chi connectivity index (χ0n) is 8.86. The zero-order valence-corrected chi connectivity index (χ0v) is 11.3. The largest absolute Gasteiger partial charge is 0.262 e. The van der Waals surface area contributed by atoms with Crippen LogP contribution in [0.3, 0.4) is 0 Å². The predicted molar refractivity (Wildman–Crippen MR) is 64.4 cm³/mol. The van der Waals surface area contributed by atoms with E-state index in [-0.39, 0.29) is 0 Å². The standard InChI is InChI=1S/C9H10BrN5S/c1-3-7-12-6(10)4-8(13-7)16-9-11-5(2)14-15-9/h4H,3H2,1-2H3,(H,11,14,15). The molecule has 2 aromatic rings. The summed E-state index contributed by atoms with van der Waals surface area (Å²) in [4.78, 5) is 12.8. The fourth-order valence-corrected chi connectivity index (χ4v) is 2.47. The van der Waals surface area contributed by atoms with Crippen molar-refractivity contribution in [3.05, 3.63) is 22.3 Å². The number of hydrogen-bond acceptors (Lipinski definition) is 5. The predicted octanol–water partition coefficient (Wildman–Crippen LogP) is 2.38. The number of H-pyrrole nitrogens is 1. The number of aromatic nitrogens is 5. The molecule has 0 saturated heterocycles. The van der Waals surface area contributed by atoms with Crippen molar-refractivity contribution >= 4 is 27.7 Å². The minimum Gasteiger partial charge on any atom is -0.262 e. The summed E-state index contributed by atoms with van der Waals surface area (Å²) in [5, 5.41) is 8.36. The molecule has 84 valence electrons. The second-order valence-electron chi connectivity index (χ2n) is 3.10. The van der Waals surface area contributed by atoms with E-state index in [1.807, 2.05) is 19.9 Å². The smallest absolute Gasteiger partial charge is 0.214 e. The lowest BCUT2D eigenvalue weighted by molar-refractivity contribution is 0.872. The summed E-state index contributed by atoms with van der Waals surface area (Å²) in [6, 6.07) is 1.86. The molecule has 5 nitrogen and oxygen atoms in total. The van der Waals surface area contributed by atoms with Crippen LogP contribution in [0.25, 0.3) is 0 Å². The summed E-state index contributed by atoms with van der Waals surface area (Å²) < 4.78 is 0.786. The molecule has 0 aliphatic carbocycles. The molecule has 0 atom stereocenters. The highest BCUT2D eigenvalue weighted by molar-refractivity contribution is 9.10.